The number of aliphatic hydroxyl groups excluding tert-OH is 1. The van der Waals surface area contributed by atoms with Gasteiger partial charge in [0.05, 0.1) is 16.7 Å². The van der Waals surface area contributed by atoms with Gasteiger partial charge < -0.3 is 20.5 Å². The maximum atomic E-state index is 13.7. The molecule has 1 heterocycles. The molecule has 1 aliphatic heterocycles. The normalized spacial score (nSPS) is 32.3. The molecule has 2 atom stereocenters. The second-order valence-electron chi connectivity index (χ2n) is 12.8. The second kappa shape index (κ2) is 12.5. The Labute approximate surface area is 241 Å². The molecule has 5 N–H and O–H groups in total. The Morgan fingerprint density at radius 2 is 1.65 bits per heavy atom. The van der Waals surface area contributed by atoms with Crippen LogP contribution in [0.25, 0.3) is 0 Å². The average molecular weight is 579 g/mol. The fourth-order valence-corrected chi connectivity index (χ4v) is 7.63. The van der Waals surface area contributed by atoms with Crippen molar-refractivity contribution in [3.8, 4) is 5.75 Å². The Morgan fingerprint density at radius 1 is 0.975 bits per heavy atom. The molecule has 4 saturated carbocycles. The van der Waals surface area contributed by atoms with Gasteiger partial charge in [0.25, 0.3) is 5.91 Å². The minimum atomic E-state index is -0.760. The van der Waals surface area contributed by atoms with Crippen molar-refractivity contribution in [3.05, 3.63) is 29.0 Å². The summed E-state index contributed by atoms with van der Waals surface area (Å²) >= 11 is 5.70. The Balaban J connectivity index is 1.14. The Kier molecular flexibility index (Phi) is 9.24. The maximum Gasteiger partial charge on any atom is 0.258 e. The number of carbonyl (C=O) groups is 2. The van der Waals surface area contributed by atoms with Gasteiger partial charge in [0.15, 0.2) is 6.61 Å². The number of aliphatic hydroxyl groups is 1. The van der Waals surface area contributed by atoms with Gasteiger partial charge in [0.1, 0.15) is 17.6 Å². The molecule has 1 aromatic carbocycles. The molecule has 5 fully saturated rings. The van der Waals surface area contributed by atoms with E-state index in [4.69, 9.17) is 16.3 Å². The lowest BCUT2D eigenvalue weighted by Gasteiger charge is -2.56. The smallest absolute Gasteiger partial charge is 0.258 e. The number of hydrogen-bond donors (Lipinski definition) is 5. The van der Waals surface area contributed by atoms with Crippen LogP contribution in [-0.2, 0) is 9.59 Å². The molecule has 10 heteroatoms. The molecule has 1 spiro atoms. The third kappa shape index (κ3) is 6.75. The molecule has 8 nitrogen and oxygen atoms in total. The van der Waals surface area contributed by atoms with E-state index in [1.807, 2.05) is 0 Å². The number of hydrazine groups is 1. The number of carbonyl (C=O) groups excluding carboxylic acids is 2. The van der Waals surface area contributed by atoms with Crippen molar-refractivity contribution in [2.75, 3.05) is 13.2 Å². The third-order valence-electron chi connectivity index (χ3n) is 9.97. The maximum absolute atomic E-state index is 13.7. The summed E-state index contributed by atoms with van der Waals surface area (Å²) in [7, 11) is 0. The van der Waals surface area contributed by atoms with E-state index in [-0.39, 0.29) is 40.7 Å². The van der Waals surface area contributed by atoms with Crippen LogP contribution in [0, 0.1) is 11.2 Å². The van der Waals surface area contributed by atoms with E-state index in [0.29, 0.717) is 32.1 Å². The minimum Gasteiger partial charge on any atom is -0.484 e. The van der Waals surface area contributed by atoms with Crippen molar-refractivity contribution in [2.24, 2.45) is 5.41 Å². The van der Waals surface area contributed by atoms with Gasteiger partial charge in [-0.1, -0.05) is 56.5 Å². The Hall–Kier alpha value is -1.94. The van der Waals surface area contributed by atoms with Gasteiger partial charge in [-0.25, -0.2) is 9.82 Å². The number of rotatable bonds is 6. The molecule has 2 amide bonds. The van der Waals surface area contributed by atoms with Crippen molar-refractivity contribution in [2.45, 2.75) is 120 Å². The van der Waals surface area contributed by atoms with Crippen LogP contribution in [0.2, 0.25) is 5.02 Å². The van der Waals surface area contributed by atoms with Crippen LogP contribution in [0.15, 0.2) is 18.2 Å². The zero-order valence-electron chi connectivity index (χ0n) is 23.3. The molecule has 40 heavy (non-hydrogen) atoms. The highest BCUT2D eigenvalue weighted by Crippen LogP contribution is 2.47. The number of hydrogen-bond acceptors (Lipinski definition) is 6. The topological polar surface area (TPSA) is 112 Å². The predicted molar refractivity (Wildman–Crippen MR) is 151 cm³/mol. The van der Waals surface area contributed by atoms with E-state index >= 15 is 0 Å². The lowest BCUT2D eigenvalue weighted by atomic mass is 9.59. The van der Waals surface area contributed by atoms with Crippen LogP contribution >= 0.6 is 11.6 Å². The number of amides is 2. The molecule has 2 unspecified atom stereocenters. The number of ether oxygens (including phenoxy) is 1. The molecule has 1 saturated heterocycles. The summed E-state index contributed by atoms with van der Waals surface area (Å²) in [4.78, 5) is 26.3. The fraction of sp³-hybridized carbons (Fsp3) is 0.733. The summed E-state index contributed by atoms with van der Waals surface area (Å²) in [5.41, 5.74) is 5.50. The van der Waals surface area contributed by atoms with Crippen LogP contribution < -0.4 is 26.2 Å². The van der Waals surface area contributed by atoms with Crippen molar-refractivity contribution in [1.82, 2.24) is 21.5 Å². The Morgan fingerprint density at radius 3 is 2.30 bits per heavy atom. The highest BCUT2D eigenvalue weighted by molar-refractivity contribution is 6.30. The monoisotopic (exact) mass is 578 g/mol. The van der Waals surface area contributed by atoms with Gasteiger partial charge in [-0.2, -0.15) is 0 Å². The molecular formula is C30H44ClFN4O4. The van der Waals surface area contributed by atoms with Crippen molar-refractivity contribution in [1.29, 1.82) is 0 Å². The summed E-state index contributed by atoms with van der Waals surface area (Å²) in [5.74, 6) is -0.759. The summed E-state index contributed by atoms with van der Waals surface area (Å²) in [5, 5.41) is 17.5. The van der Waals surface area contributed by atoms with E-state index in [2.05, 4.69) is 21.5 Å². The van der Waals surface area contributed by atoms with Crippen molar-refractivity contribution >= 4 is 23.4 Å². The summed E-state index contributed by atoms with van der Waals surface area (Å²) < 4.78 is 19.1. The number of fused-ring (bicyclic) bond motifs is 3. The van der Waals surface area contributed by atoms with Gasteiger partial charge in [0, 0.05) is 18.2 Å². The van der Waals surface area contributed by atoms with Crippen LogP contribution in [0.5, 0.6) is 5.75 Å². The van der Waals surface area contributed by atoms with E-state index < -0.39 is 23.0 Å². The summed E-state index contributed by atoms with van der Waals surface area (Å²) in [6.45, 7) is 0.631. The van der Waals surface area contributed by atoms with Crippen LogP contribution in [0.1, 0.15) is 96.3 Å². The molecule has 2 bridgehead atoms. The average Bonchev–Trinajstić information content (AvgIpc) is 2.94. The lowest BCUT2D eigenvalue weighted by molar-refractivity contribution is -0.138. The molecular weight excluding hydrogens is 535 g/mol. The van der Waals surface area contributed by atoms with Gasteiger partial charge >= 0.3 is 0 Å². The van der Waals surface area contributed by atoms with Crippen LogP contribution in [0.4, 0.5) is 4.39 Å². The van der Waals surface area contributed by atoms with E-state index in [1.54, 1.807) is 0 Å². The summed E-state index contributed by atoms with van der Waals surface area (Å²) in [6, 6.07) is 3.71. The zero-order chi connectivity index (χ0) is 28.2. The molecule has 4 aliphatic carbocycles. The van der Waals surface area contributed by atoms with Gasteiger partial charge in [0.2, 0.25) is 5.91 Å². The van der Waals surface area contributed by atoms with Crippen molar-refractivity contribution < 1.29 is 23.8 Å². The molecule has 0 aromatic heterocycles. The first-order chi connectivity index (χ1) is 19.2. The largest absolute Gasteiger partial charge is 0.484 e. The number of benzene rings is 1. The highest BCUT2D eigenvalue weighted by atomic mass is 35.5. The van der Waals surface area contributed by atoms with Crippen molar-refractivity contribution in [3.63, 3.8) is 0 Å². The first-order valence-corrected chi connectivity index (χ1v) is 15.5. The van der Waals surface area contributed by atoms with Gasteiger partial charge in [-0.15, -0.1) is 0 Å². The quantitative estimate of drug-likeness (QED) is 0.344. The fourth-order valence-electron chi connectivity index (χ4n) is 7.51. The summed E-state index contributed by atoms with van der Waals surface area (Å²) in [6.07, 6.45) is 14.2. The van der Waals surface area contributed by atoms with Gasteiger partial charge in [-0.05, 0) is 68.9 Å². The molecule has 5 aliphatic rings. The van der Waals surface area contributed by atoms with Crippen LogP contribution in [-0.4, -0.2) is 53.3 Å². The molecule has 6 rings (SSSR count). The molecule has 222 valence electrons. The Bertz CT molecular complexity index is 1050. The standard InChI is InChI=1S/C30H44ClFN4O4/c31-22-9-8-21(16-23(22)32)40-19-26(38)34-29-12-14-30(15-13-29,25(37)18-29)35-27(39)24-17-28(20-33-36-24)10-6-4-2-1-3-5-7-11-28/h8-9,16,24-25,33,36-37H,1-7,10-15,17-20H2,(H,34,38)(H,35,39). The van der Waals surface area contributed by atoms with E-state index in [1.165, 1.54) is 57.1 Å². The first kappa shape index (κ1) is 29.5. The lowest BCUT2D eigenvalue weighted by Crippen LogP contribution is -2.72. The van der Waals surface area contributed by atoms with Crippen LogP contribution in [0.3, 0.4) is 0 Å². The van der Waals surface area contributed by atoms with E-state index in [9.17, 15) is 19.1 Å². The molecule has 1 aromatic rings. The predicted octanol–water partition coefficient (Wildman–Crippen LogP) is 4.28. The SMILES string of the molecule is O=C(COc1ccc(Cl)c(F)c1)NC12CCC(NC(=O)C3CC4(CCCCCCCCC4)CNN3)(CC1)C(O)C2. The number of nitrogens with one attached hydrogen (secondary N) is 4. The molecule has 0 radical (unpaired) electrons. The number of halogens is 2. The highest BCUT2D eigenvalue weighted by Gasteiger charge is 2.56. The first-order valence-electron chi connectivity index (χ1n) is 15.1. The van der Waals surface area contributed by atoms with E-state index in [0.717, 1.165) is 31.9 Å². The zero-order valence-corrected chi connectivity index (χ0v) is 24.1. The second-order valence-corrected chi connectivity index (χ2v) is 13.2. The minimum absolute atomic E-state index is 0.00896. The van der Waals surface area contributed by atoms with Gasteiger partial charge in [-0.3, -0.25) is 15.0 Å². The third-order valence-corrected chi connectivity index (χ3v) is 10.3.